The van der Waals surface area contributed by atoms with Crippen molar-refractivity contribution >= 4 is 5.97 Å². The molecular weight excluding hydrogens is 534 g/mol. The average Bonchev–Trinajstić information content (AvgIpc) is 3.19. The van der Waals surface area contributed by atoms with Gasteiger partial charge >= 0.3 is 18.2 Å². The van der Waals surface area contributed by atoms with E-state index in [1.165, 1.54) is 35.1 Å². The van der Waals surface area contributed by atoms with Gasteiger partial charge in [-0.05, 0) is 48.7 Å². The fraction of sp³-hybridized carbons (Fsp3) is 0.259. The van der Waals surface area contributed by atoms with Crippen LogP contribution in [0.1, 0.15) is 18.9 Å². The molecule has 0 aliphatic carbocycles. The van der Waals surface area contributed by atoms with Crippen molar-refractivity contribution in [1.29, 1.82) is 0 Å². The van der Waals surface area contributed by atoms with Crippen molar-refractivity contribution in [1.82, 2.24) is 24.4 Å². The van der Waals surface area contributed by atoms with Crippen LogP contribution in [-0.4, -0.2) is 49.6 Å². The van der Waals surface area contributed by atoms with Crippen LogP contribution in [0.3, 0.4) is 0 Å². The van der Waals surface area contributed by atoms with Gasteiger partial charge in [0.15, 0.2) is 0 Å². The standard InChI is InChI=1S/C27H23F4N5O4/c1-34-23(21-11-14-32-26(33-21)39-20-5-3-2-4-6-20)22(17-7-9-18(28)10-8-17)24(37)36(34)19-12-15-35(16-13-19)40-25(38)27(29,30)31/h2-11,14,19H,12-13,15-16H2,1H3. The number of carbonyl (C=O) groups excluding carboxylic acids is 1. The maximum absolute atomic E-state index is 13.9. The Morgan fingerprint density at radius 3 is 2.33 bits per heavy atom. The van der Waals surface area contributed by atoms with Gasteiger partial charge in [-0.15, -0.1) is 5.06 Å². The lowest BCUT2D eigenvalue weighted by Gasteiger charge is -2.31. The number of ether oxygens (including phenoxy) is 1. The van der Waals surface area contributed by atoms with Crippen LogP contribution in [0.2, 0.25) is 0 Å². The number of rotatable bonds is 6. The molecule has 0 N–H and O–H groups in total. The second kappa shape index (κ2) is 10.9. The van der Waals surface area contributed by atoms with Crippen molar-refractivity contribution in [2.24, 2.45) is 7.05 Å². The Kier molecular flexibility index (Phi) is 7.39. The summed E-state index contributed by atoms with van der Waals surface area (Å²) in [6, 6.07) is 15.6. The van der Waals surface area contributed by atoms with Crippen LogP contribution >= 0.6 is 0 Å². The molecule has 1 saturated heterocycles. The lowest BCUT2D eigenvalue weighted by atomic mass is 10.0. The van der Waals surface area contributed by atoms with Gasteiger partial charge in [-0.3, -0.25) is 9.48 Å². The lowest BCUT2D eigenvalue weighted by molar-refractivity contribution is -0.242. The van der Waals surface area contributed by atoms with E-state index in [1.807, 2.05) is 6.07 Å². The third kappa shape index (κ3) is 5.59. The number of carbonyl (C=O) groups is 1. The fourth-order valence-corrected chi connectivity index (χ4v) is 4.67. The molecule has 0 unspecified atom stereocenters. The Labute approximate surface area is 225 Å². The maximum atomic E-state index is 13.9. The van der Waals surface area contributed by atoms with Crippen LogP contribution in [0.25, 0.3) is 22.5 Å². The van der Waals surface area contributed by atoms with Gasteiger partial charge < -0.3 is 9.57 Å². The first-order chi connectivity index (χ1) is 19.1. The molecule has 13 heteroatoms. The Balaban J connectivity index is 1.51. The predicted molar refractivity (Wildman–Crippen MR) is 135 cm³/mol. The minimum atomic E-state index is -5.11. The smallest absolute Gasteiger partial charge is 0.424 e. The summed E-state index contributed by atoms with van der Waals surface area (Å²) >= 11 is 0. The molecule has 0 amide bonds. The summed E-state index contributed by atoms with van der Waals surface area (Å²) < 4.78 is 60.4. The first-order valence-electron chi connectivity index (χ1n) is 12.3. The van der Waals surface area contributed by atoms with E-state index in [4.69, 9.17) is 4.74 Å². The van der Waals surface area contributed by atoms with Gasteiger partial charge in [0.05, 0.1) is 23.0 Å². The average molecular weight is 558 g/mol. The summed E-state index contributed by atoms with van der Waals surface area (Å²) in [4.78, 5) is 38.2. The van der Waals surface area contributed by atoms with Crippen LogP contribution in [-0.2, 0) is 16.7 Å². The highest BCUT2D eigenvalue weighted by molar-refractivity contribution is 5.79. The monoisotopic (exact) mass is 557 g/mol. The molecule has 1 aliphatic rings. The highest BCUT2D eigenvalue weighted by atomic mass is 19.4. The number of piperidine rings is 1. The van der Waals surface area contributed by atoms with E-state index in [-0.39, 0.29) is 43.1 Å². The SMILES string of the molecule is Cn1c(-c2ccnc(Oc3ccccc3)n2)c(-c2ccc(F)cc2)c(=O)n1C1CCN(OC(=O)C(F)(F)F)CC1. The molecule has 3 heterocycles. The fourth-order valence-electron chi connectivity index (χ4n) is 4.67. The second-order valence-corrected chi connectivity index (χ2v) is 9.08. The number of halogens is 4. The molecule has 40 heavy (non-hydrogen) atoms. The molecule has 0 spiro atoms. The number of benzene rings is 2. The van der Waals surface area contributed by atoms with Gasteiger partial charge in [-0.25, -0.2) is 18.9 Å². The topological polar surface area (TPSA) is 91.5 Å². The molecule has 1 aliphatic heterocycles. The third-order valence-electron chi connectivity index (χ3n) is 6.48. The molecule has 9 nitrogen and oxygen atoms in total. The summed E-state index contributed by atoms with van der Waals surface area (Å²) in [7, 11) is 1.67. The summed E-state index contributed by atoms with van der Waals surface area (Å²) in [5.41, 5.74) is 1.12. The van der Waals surface area contributed by atoms with E-state index in [0.29, 0.717) is 22.7 Å². The van der Waals surface area contributed by atoms with E-state index in [0.717, 1.165) is 5.06 Å². The first kappa shape index (κ1) is 27.1. The summed E-state index contributed by atoms with van der Waals surface area (Å²) in [6.07, 6.45) is -3.15. The normalized spacial score (nSPS) is 14.7. The zero-order chi connectivity index (χ0) is 28.4. The minimum absolute atomic E-state index is 0.00606. The minimum Gasteiger partial charge on any atom is -0.424 e. The second-order valence-electron chi connectivity index (χ2n) is 9.08. The lowest BCUT2D eigenvalue weighted by Crippen LogP contribution is -2.42. The number of para-hydroxylation sites is 1. The van der Waals surface area contributed by atoms with Crippen molar-refractivity contribution < 1.29 is 31.9 Å². The molecule has 0 radical (unpaired) electrons. The third-order valence-corrected chi connectivity index (χ3v) is 6.48. The zero-order valence-electron chi connectivity index (χ0n) is 21.1. The number of hydroxylamine groups is 2. The van der Waals surface area contributed by atoms with Gasteiger partial charge in [-0.2, -0.15) is 18.2 Å². The van der Waals surface area contributed by atoms with E-state index in [9.17, 15) is 27.2 Å². The number of hydrogen-bond donors (Lipinski definition) is 0. The molecule has 2 aromatic carbocycles. The van der Waals surface area contributed by atoms with Crippen molar-refractivity contribution in [3.8, 4) is 34.3 Å². The van der Waals surface area contributed by atoms with Crippen LogP contribution in [0.4, 0.5) is 17.6 Å². The van der Waals surface area contributed by atoms with Gasteiger partial charge in [0, 0.05) is 26.3 Å². The van der Waals surface area contributed by atoms with Crippen LogP contribution in [0.15, 0.2) is 71.7 Å². The van der Waals surface area contributed by atoms with Crippen LogP contribution in [0, 0.1) is 5.82 Å². The Morgan fingerprint density at radius 2 is 1.68 bits per heavy atom. The van der Waals surface area contributed by atoms with Crippen molar-refractivity contribution in [2.45, 2.75) is 25.1 Å². The van der Waals surface area contributed by atoms with Crippen molar-refractivity contribution in [3.63, 3.8) is 0 Å². The van der Waals surface area contributed by atoms with E-state index >= 15 is 0 Å². The summed E-state index contributed by atoms with van der Waals surface area (Å²) in [5.74, 6) is -2.24. The van der Waals surface area contributed by atoms with Gasteiger partial charge in [0.25, 0.3) is 5.56 Å². The summed E-state index contributed by atoms with van der Waals surface area (Å²) in [5, 5.41) is 0.944. The molecular formula is C27H23F4N5O4. The van der Waals surface area contributed by atoms with Crippen molar-refractivity contribution in [2.75, 3.05) is 13.1 Å². The maximum Gasteiger partial charge on any atom is 0.492 e. The Bertz CT molecular complexity index is 1560. The van der Waals surface area contributed by atoms with Crippen LogP contribution in [0.5, 0.6) is 11.8 Å². The number of alkyl halides is 3. The van der Waals surface area contributed by atoms with E-state index < -0.39 is 24.0 Å². The molecule has 0 saturated carbocycles. The zero-order valence-corrected chi connectivity index (χ0v) is 21.1. The predicted octanol–water partition coefficient (Wildman–Crippen LogP) is 4.90. The van der Waals surface area contributed by atoms with Gasteiger partial charge in [-0.1, -0.05) is 30.3 Å². The molecule has 4 aromatic rings. The summed E-state index contributed by atoms with van der Waals surface area (Å²) in [6.45, 7) is -0.0121. The molecule has 208 valence electrons. The molecule has 5 rings (SSSR count). The van der Waals surface area contributed by atoms with E-state index in [2.05, 4.69) is 14.8 Å². The molecule has 0 atom stereocenters. The van der Waals surface area contributed by atoms with Gasteiger partial charge in [0.2, 0.25) is 0 Å². The van der Waals surface area contributed by atoms with Crippen molar-refractivity contribution in [3.05, 3.63) is 83.0 Å². The highest BCUT2D eigenvalue weighted by Crippen LogP contribution is 2.33. The largest absolute Gasteiger partial charge is 0.492 e. The Morgan fingerprint density at radius 1 is 1.00 bits per heavy atom. The quantitative estimate of drug-likeness (QED) is 0.312. The number of nitrogens with zero attached hydrogens (tertiary/aromatic N) is 5. The molecule has 2 aromatic heterocycles. The number of aromatic nitrogens is 4. The van der Waals surface area contributed by atoms with Gasteiger partial charge in [0.1, 0.15) is 11.6 Å². The molecule has 0 bridgehead atoms. The molecule has 1 fully saturated rings. The van der Waals surface area contributed by atoms with E-state index in [1.54, 1.807) is 42.1 Å². The highest BCUT2D eigenvalue weighted by Gasteiger charge is 2.43. The first-order valence-corrected chi connectivity index (χ1v) is 12.3. The Hall–Kier alpha value is -4.52. The number of hydrogen-bond acceptors (Lipinski definition) is 7. The van der Waals surface area contributed by atoms with Crippen LogP contribution < -0.4 is 10.3 Å².